The summed E-state index contributed by atoms with van der Waals surface area (Å²) >= 11 is 1.51. The molecule has 0 bridgehead atoms. The number of ether oxygens (including phenoxy) is 1. The summed E-state index contributed by atoms with van der Waals surface area (Å²) in [7, 11) is 5.59. The molecule has 3 rings (SSSR count). The molecule has 156 valence electrons. The maximum absolute atomic E-state index is 12.7. The lowest BCUT2D eigenvalue weighted by atomic mass is 9.95. The largest absolute Gasteiger partial charge is 0.497 e. The van der Waals surface area contributed by atoms with Crippen LogP contribution < -0.4 is 10.1 Å². The molecular formula is C21H28N4O3S. The number of likely N-dealkylation sites (tertiary alicyclic amines) is 1. The highest BCUT2D eigenvalue weighted by molar-refractivity contribution is 7.09. The monoisotopic (exact) mass is 416 g/mol. The zero-order valence-electron chi connectivity index (χ0n) is 17.2. The molecule has 1 aliphatic rings. The number of hydrogen-bond acceptors (Lipinski definition) is 6. The van der Waals surface area contributed by atoms with Gasteiger partial charge in [-0.3, -0.25) is 9.59 Å². The predicted octanol–water partition coefficient (Wildman–Crippen LogP) is 2.38. The number of piperidine rings is 1. The topological polar surface area (TPSA) is 74.8 Å². The van der Waals surface area contributed by atoms with E-state index in [0.29, 0.717) is 38.2 Å². The van der Waals surface area contributed by atoms with Crippen LogP contribution in [0.3, 0.4) is 0 Å². The highest BCUT2D eigenvalue weighted by Gasteiger charge is 2.28. The van der Waals surface area contributed by atoms with Gasteiger partial charge in [0.25, 0.3) is 5.91 Å². The van der Waals surface area contributed by atoms with Gasteiger partial charge in [-0.2, -0.15) is 0 Å². The summed E-state index contributed by atoms with van der Waals surface area (Å²) in [5.74, 6) is 0.751. The van der Waals surface area contributed by atoms with E-state index in [9.17, 15) is 9.59 Å². The first-order valence-corrected chi connectivity index (χ1v) is 10.6. The number of nitrogens with zero attached hydrogens (tertiary/aromatic N) is 3. The van der Waals surface area contributed by atoms with Crippen molar-refractivity contribution in [1.29, 1.82) is 0 Å². The Morgan fingerprint density at radius 3 is 2.55 bits per heavy atom. The van der Waals surface area contributed by atoms with Gasteiger partial charge in [0.05, 0.1) is 7.11 Å². The number of amides is 2. The van der Waals surface area contributed by atoms with E-state index in [4.69, 9.17) is 4.74 Å². The van der Waals surface area contributed by atoms with Gasteiger partial charge < -0.3 is 19.9 Å². The van der Waals surface area contributed by atoms with Gasteiger partial charge in [-0.15, -0.1) is 11.3 Å². The maximum atomic E-state index is 12.7. The molecule has 29 heavy (non-hydrogen) atoms. The molecule has 1 aliphatic heterocycles. The first kappa shape index (κ1) is 21.3. The van der Waals surface area contributed by atoms with Gasteiger partial charge in [-0.1, -0.05) is 12.1 Å². The minimum Gasteiger partial charge on any atom is -0.497 e. The fourth-order valence-corrected chi connectivity index (χ4v) is 4.22. The van der Waals surface area contributed by atoms with E-state index in [1.54, 1.807) is 7.11 Å². The van der Waals surface area contributed by atoms with E-state index in [1.165, 1.54) is 11.3 Å². The minimum absolute atomic E-state index is 0.0386. The molecule has 1 saturated heterocycles. The Kier molecular flexibility index (Phi) is 7.22. The first-order valence-electron chi connectivity index (χ1n) is 9.75. The summed E-state index contributed by atoms with van der Waals surface area (Å²) in [4.78, 5) is 33.5. The van der Waals surface area contributed by atoms with Crippen LogP contribution in [0.5, 0.6) is 5.75 Å². The molecule has 2 heterocycles. The van der Waals surface area contributed by atoms with E-state index < -0.39 is 0 Å². The van der Waals surface area contributed by atoms with E-state index >= 15 is 0 Å². The lowest BCUT2D eigenvalue weighted by molar-refractivity contribution is -0.126. The van der Waals surface area contributed by atoms with Crippen molar-refractivity contribution in [1.82, 2.24) is 20.1 Å². The van der Waals surface area contributed by atoms with Crippen molar-refractivity contribution in [3.05, 3.63) is 45.9 Å². The Labute approximate surface area is 175 Å². The number of methoxy groups -OCH3 is 1. The number of carbonyl (C=O) groups is 2. The average molecular weight is 417 g/mol. The summed E-state index contributed by atoms with van der Waals surface area (Å²) in [6.45, 7) is 2.39. The first-order chi connectivity index (χ1) is 14.0. The van der Waals surface area contributed by atoms with E-state index in [0.717, 1.165) is 22.9 Å². The standard InChI is InChI=1S/C21H28N4O3S/c1-24(2)13-19-23-18(14-29-19)21(27)25-10-8-16(9-11-25)20(26)22-12-15-4-6-17(28-3)7-5-15/h4-7,14,16H,8-13H2,1-3H3,(H,22,26). The second-order valence-electron chi connectivity index (χ2n) is 7.50. The Balaban J connectivity index is 1.45. The highest BCUT2D eigenvalue weighted by atomic mass is 32.1. The average Bonchev–Trinajstić information content (AvgIpc) is 3.19. The van der Waals surface area contributed by atoms with Gasteiger partial charge in [-0.05, 0) is 44.6 Å². The fourth-order valence-electron chi connectivity index (χ4n) is 3.34. The second-order valence-corrected chi connectivity index (χ2v) is 8.44. The molecule has 0 saturated carbocycles. The van der Waals surface area contributed by atoms with Gasteiger partial charge in [0.15, 0.2) is 0 Å². The van der Waals surface area contributed by atoms with Crippen molar-refractivity contribution in [2.24, 2.45) is 5.92 Å². The number of benzene rings is 1. The quantitative estimate of drug-likeness (QED) is 0.750. The fraction of sp³-hybridized carbons (Fsp3) is 0.476. The summed E-state index contributed by atoms with van der Waals surface area (Å²) in [5.41, 5.74) is 1.54. The molecule has 0 radical (unpaired) electrons. The van der Waals surface area contributed by atoms with Crippen LogP contribution in [0.15, 0.2) is 29.6 Å². The van der Waals surface area contributed by atoms with Crippen molar-refractivity contribution in [2.45, 2.75) is 25.9 Å². The SMILES string of the molecule is COc1ccc(CNC(=O)C2CCN(C(=O)c3csc(CN(C)C)n3)CC2)cc1. The van der Waals surface area contributed by atoms with Gasteiger partial charge in [0.1, 0.15) is 16.5 Å². The lowest BCUT2D eigenvalue weighted by Crippen LogP contribution is -2.43. The molecule has 1 fully saturated rings. The number of carbonyl (C=O) groups excluding carboxylic acids is 2. The molecule has 1 aromatic carbocycles. The van der Waals surface area contributed by atoms with Crippen LogP contribution in [0.2, 0.25) is 0 Å². The zero-order valence-corrected chi connectivity index (χ0v) is 18.0. The Hall–Kier alpha value is -2.45. The van der Waals surface area contributed by atoms with E-state index in [1.807, 2.05) is 53.5 Å². The van der Waals surface area contributed by atoms with Crippen molar-refractivity contribution in [2.75, 3.05) is 34.3 Å². The van der Waals surface area contributed by atoms with Crippen molar-refractivity contribution in [3.8, 4) is 5.75 Å². The van der Waals surface area contributed by atoms with Gasteiger partial charge >= 0.3 is 0 Å². The van der Waals surface area contributed by atoms with Gasteiger partial charge in [0.2, 0.25) is 5.91 Å². The zero-order chi connectivity index (χ0) is 20.8. The van der Waals surface area contributed by atoms with Crippen LogP contribution in [0.4, 0.5) is 0 Å². The van der Waals surface area contributed by atoms with Crippen LogP contribution in [-0.4, -0.2) is 60.9 Å². The second kappa shape index (κ2) is 9.84. The van der Waals surface area contributed by atoms with Gasteiger partial charge in [0, 0.05) is 37.5 Å². The summed E-state index contributed by atoms with van der Waals surface area (Å²) in [6, 6.07) is 7.65. The molecular weight excluding hydrogens is 388 g/mol. The smallest absolute Gasteiger partial charge is 0.273 e. The third-order valence-corrected chi connectivity index (χ3v) is 5.83. The van der Waals surface area contributed by atoms with Gasteiger partial charge in [-0.25, -0.2) is 4.98 Å². The van der Waals surface area contributed by atoms with Crippen molar-refractivity contribution < 1.29 is 14.3 Å². The number of nitrogens with one attached hydrogen (secondary N) is 1. The normalized spacial score (nSPS) is 14.8. The summed E-state index contributed by atoms with van der Waals surface area (Å²) < 4.78 is 5.14. The number of aromatic nitrogens is 1. The van der Waals surface area contributed by atoms with Crippen LogP contribution in [-0.2, 0) is 17.9 Å². The summed E-state index contributed by atoms with van der Waals surface area (Å²) in [5, 5.41) is 5.77. The Morgan fingerprint density at radius 2 is 1.93 bits per heavy atom. The van der Waals surface area contributed by atoms with Crippen LogP contribution >= 0.6 is 11.3 Å². The molecule has 2 amide bonds. The van der Waals surface area contributed by atoms with Crippen molar-refractivity contribution in [3.63, 3.8) is 0 Å². The molecule has 0 spiro atoms. The van der Waals surface area contributed by atoms with Crippen LogP contribution in [0.25, 0.3) is 0 Å². The molecule has 8 heteroatoms. The molecule has 0 unspecified atom stereocenters. The molecule has 0 atom stereocenters. The third-order valence-electron chi connectivity index (χ3n) is 5.00. The number of thiazole rings is 1. The molecule has 1 N–H and O–H groups in total. The summed E-state index contributed by atoms with van der Waals surface area (Å²) in [6.07, 6.45) is 1.35. The predicted molar refractivity (Wildman–Crippen MR) is 113 cm³/mol. The Bertz CT molecular complexity index is 827. The maximum Gasteiger partial charge on any atom is 0.273 e. The van der Waals surface area contributed by atoms with Crippen molar-refractivity contribution >= 4 is 23.2 Å². The highest BCUT2D eigenvalue weighted by Crippen LogP contribution is 2.21. The lowest BCUT2D eigenvalue weighted by Gasteiger charge is -2.31. The minimum atomic E-state index is -0.0583. The van der Waals surface area contributed by atoms with E-state index in [2.05, 4.69) is 10.3 Å². The molecule has 2 aromatic rings. The molecule has 7 nitrogen and oxygen atoms in total. The molecule has 1 aromatic heterocycles. The Morgan fingerprint density at radius 1 is 1.24 bits per heavy atom. The number of hydrogen-bond donors (Lipinski definition) is 1. The molecule has 0 aliphatic carbocycles. The van der Waals surface area contributed by atoms with E-state index in [-0.39, 0.29) is 17.7 Å². The van der Waals surface area contributed by atoms with Crippen LogP contribution in [0.1, 0.15) is 33.9 Å². The van der Waals surface area contributed by atoms with Crippen LogP contribution in [0, 0.1) is 5.92 Å². The third kappa shape index (κ3) is 5.77. The number of rotatable bonds is 7.